The molecule has 0 spiro atoms. The van der Waals surface area contributed by atoms with Gasteiger partial charge in [-0.2, -0.15) is 0 Å². The molecule has 0 aliphatic rings. The van der Waals surface area contributed by atoms with Gasteiger partial charge in [0.15, 0.2) is 0 Å². The van der Waals surface area contributed by atoms with Gasteiger partial charge in [0.2, 0.25) is 5.69 Å². The highest BCUT2D eigenvalue weighted by atomic mass is 14.9. The molecule has 0 bridgehead atoms. The highest BCUT2D eigenvalue weighted by Gasteiger charge is 2.11. The molecule has 138 valence electrons. The second kappa shape index (κ2) is 6.73. The Balaban J connectivity index is 1.70. The molecule has 0 unspecified atom stereocenters. The molecule has 5 aromatic rings. The van der Waals surface area contributed by atoms with Crippen molar-refractivity contribution in [1.82, 2.24) is 19.5 Å². The maximum absolute atomic E-state index is 7.37. The Morgan fingerprint density at radius 3 is 2.79 bits per heavy atom. The van der Waals surface area contributed by atoms with Gasteiger partial charge in [-0.25, -0.2) is 4.85 Å². The predicted octanol–water partition coefficient (Wildman–Crippen LogP) is 5.48. The van der Waals surface area contributed by atoms with Crippen molar-refractivity contribution in [3.63, 3.8) is 0 Å². The van der Waals surface area contributed by atoms with Crippen LogP contribution in [0, 0.1) is 6.57 Å². The van der Waals surface area contributed by atoms with Crippen molar-refractivity contribution in [2.24, 2.45) is 7.05 Å². The second-order valence-electron chi connectivity index (χ2n) is 6.78. The van der Waals surface area contributed by atoms with Gasteiger partial charge in [0.25, 0.3) is 0 Å². The third-order valence-corrected chi connectivity index (χ3v) is 4.97. The first-order valence-electron chi connectivity index (χ1n) is 9.12. The minimum atomic E-state index is 0.519. The SMILES string of the molecule is [C-]#[N+]c1ccncc1Nc1cc(-c2ccc3ccn(C)c3c2)c2nccnc2c1. The molecule has 0 saturated heterocycles. The van der Waals surface area contributed by atoms with Gasteiger partial charge in [-0.15, -0.1) is 0 Å². The third kappa shape index (κ3) is 2.95. The molecule has 0 saturated carbocycles. The molecule has 2 aromatic carbocycles. The molecular weight excluding hydrogens is 360 g/mol. The van der Waals surface area contributed by atoms with Gasteiger partial charge >= 0.3 is 0 Å². The lowest BCUT2D eigenvalue weighted by molar-refractivity contribution is 0.969. The Kier molecular flexibility index (Phi) is 3.92. The fourth-order valence-corrected chi connectivity index (χ4v) is 3.53. The molecule has 0 aliphatic carbocycles. The van der Waals surface area contributed by atoms with Crippen molar-refractivity contribution in [1.29, 1.82) is 0 Å². The van der Waals surface area contributed by atoms with E-state index in [-0.39, 0.29) is 0 Å². The van der Waals surface area contributed by atoms with Crippen LogP contribution in [0.15, 0.2) is 73.4 Å². The average molecular weight is 376 g/mol. The molecule has 0 aliphatic heterocycles. The minimum Gasteiger partial charge on any atom is -0.363 e. The summed E-state index contributed by atoms with van der Waals surface area (Å²) in [4.78, 5) is 16.8. The molecule has 5 rings (SSSR count). The summed E-state index contributed by atoms with van der Waals surface area (Å²) in [6, 6.07) is 14.2. The van der Waals surface area contributed by atoms with Gasteiger partial charge < -0.3 is 9.88 Å². The predicted molar refractivity (Wildman–Crippen MR) is 115 cm³/mol. The average Bonchev–Trinajstić information content (AvgIpc) is 3.14. The Labute approximate surface area is 167 Å². The van der Waals surface area contributed by atoms with E-state index in [1.165, 1.54) is 5.39 Å². The number of hydrogen-bond acceptors (Lipinski definition) is 4. The largest absolute Gasteiger partial charge is 0.363 e. The third-order valence-electron chi connectivity index (χ3n) is 4.97. The zero-order chi connectivity index (χ0) is 19.8. The summed E-state index contributed by atoms with van der Waals surface area (Å²) in [7, 11) is 2.04. The standard InChI is InChI=1S/C23H16N6/c1-24-19-5-7-25-14-21(19)28-17-12-18(23-20(13-17)26-8-9-27-23)16-4-3-15-6-10-29(2)22(15)11-16/h3-14,28H,2H3. The number of hydrogen-bond donors (Lipinski definition) is 1. The molecule has 1 N–H and O–H groups in total. The number of aromatic nitrogens is 4. The quantitative estimate of drug-likeness (QED) is 0.424. The van der Waals surface area contributed by atoms with Gasteiger partial charge in [0, 0.05) is 54.8 Å². The Morgan fingerprint density at radius 2 is 1.90 bits per heavy atom. The topological polar surface area (TPSA) is 60.0 Å². The van der Waals surface area contributed by atoms with Crippen molar-refractivity contribution in [3.05, 3.63) is 84.9 Å². The molecule has 6 nitrogen and oxygen atoms in total. The van der Waals surface area contributed by atoms with Crippen LogP contribution in [0.2, 0.25) is 0 Å². The van der Waals surface area contributed by atoms with Gasteiger partial charge in [-0.05, 0) is 41.3 Å². The summed E-state index contributed by atoms with van der Waals surface area (Å²) in [6.07, 6.45) is 8.72. The number of anilines is 2. The van der Waals surface area contributed by atoms with Crippen LogP contribution in [0.4, 0.5) is 17.1 Å². The Bertz CT molecular complexity index is 1410. The Hall–Kier alpha value is -4.24. The number of fused-ring (bicyclic) bond motifs is 2. The first kappa shape index (κ1) is 16.9. The van der Waals surface area contributed by atoms with E-state index in [1.54, 1.807) is 30.9 Å². The van der Waals surface area contributed by atoms with Crippen molar-refractivity contribution in [2.75, 3.05) is 5.32 Å². The molecule has 0 fully saturated rings. The van der Waals surface area contributed by atoms with Gasteiger partial charge in [0.05, 0.1) is 23.3 Å². The molecule has 3 aromatic heterocycles. The number of pyridine rings is 1. The highest BCUT2D eigenvalue weighted by molar-refractivity contribution is 5.97. The van der Waals surface area contributed by atoms with Crippen LogP contribution in [0.25, 0.3) is 37.9 Å². The van der Waals surface area contributed by atoms with Crippen LogP contribution in [0.5, 0.6) is 0 Å². The summed E-state index contributed by atoms with van der Waals surface area (Å²) in [5.74, 6) is 0. The summed E-state index contributed by atoms with van der Waals surface area (Å²) in [5.41, 5.74) is 6.83. The van der Waals surface area contributed by atoms with Crippen molar-refractivity contribution in [3.8, 4) is 11.1 Å². The lowest BCUT2D eigenvalue weighted by Crippen LogP contribution is -1.95. The van der Waals surface area contributed by atoms with Gasteiger partial charge in [-0.3, -0.25) is 15.0 Å². The molecule has 3 heterocycles. The van der Waals surface area contributed by atoms with E-state index in [0.29, 0.717) is 11.4 Å². The van der Waals surface area contributed by atoms with Crippen LogP contribution in [0.3, 0.4) is 0 Å². The minimum absolute atomic E-state index is 0.519. The second-order valence-corrected chi connectivity index (χ2v) is 6.78. The number of nitrogens with zero attached hydrogens (tertiary/aromatic N) is 5. The maximum atomic E-state index is 7.37. The van der Waals surface area contributed by atoms with E-state index in [2.05, 4.69) is 60.1 Å². The van der Waals surface area contributed by atoms with E-state index in [9.17, 15) is 0 Å². The molecular formula is C23H16N6. The first-order chi connectivity index (χ1) is 14.2. The summed E-state index contributed by atoms with van der Waals surface area (Å²) in [5, 5.41) is 4.51. The van der Waals surface area contributed by atoms with E-state index < -0.39 is 0 Å². The first-order valence-corrected chi connectivity index (χ1v) is 9.12. The van der Waals surface area contributed by atoms with Gasteiger partial charge in [-0.1, -0.05) is 12.1 Å². The van der Waals surface area contributed by atoms with E-state index in [1.807, 2.05) is 19.2 Å². The van der Waals surface area contributed by atoms with E-state index >= 15 is 0 Å². The lowest BCUT2D eigenvalue weighted by atomic mass is 10.0. The smallest absolute Gasteiger partial charge is 0.212 e. The van der Waals surface area contributed by atoms with Crippen molar-refractivity contribution >= 4 is 39.0 Å². The monoisotopic (exact) mass is 376 g/mol. The fourth-order valence-electron chi connectivity index (χ4n) is 3.53. The van der Waals surface area contributed by atoms with Crippen LogP contribution in [-0.4, -0.2) is 19.5 Å². The van der Waals surface area contributed by atoms with Crippen LogP contribution >= 0.6 is 0 Å². The van der Waals surface area contributed by atoms with Crippen molar-refractivity contribution in [2.45, 2.75) is 0 Å². The van der Waals surface area contributed by atoms with E-state index in [4.69, 9.17) is 6.57 Å². The molecule has 0 atom stereocenters. The zero-order valence-electron chi connectivity index (χ0n) is 15.7. The van der Waals surface area contributed by atoms with Crippen LogP contribution in [-0.2, 0) is 7.05 Å². The fraction of sp³-hybridized carbons (Fsp3) is 0.0435. The number of benzene rings is 2. The Morgan fingerprint density at radius 1 is 1.00 bits per heavy atom. The molecule has 6 heteroatoms. The summed E-state index contributed by atoms with van der Waals surface area (Å²) >= 11 is 0. The van der Waals surface area contributed by atoms with E-state index in [0.717, 1.165) is 33.4 Å². The van der Waals surface area contributed by atoms with Crippen LogP contribution < -0.4 is 5.32 Å². The number of nitrogens with one attached hydrogen (secondary N) is 1. The zero-order valence-corrected chi connectivity index (χ0v) is 15.7. The number of rotatable bonds is 3. The lowest BCUT2D eigenvalue weighted by Gasteiger charge is -2.12. The normalized spacial score (nSPS) is 10.9. The molecule has 0 radical (unpaired) electrons. The summed E-state index contributed by atoms with van der Waals surface area (Å²) in [6.45, 7) is 7.37. The highest BCUT2D eigenvalue weighted by Crippen LogP contribution is 2.34. The maximum Gasteiger partial charge on any atom is 0.212 e. The number of aryl methyl sites for hydroxylation is 1. The van der Waals surface area contributed by atoms with Crippen LogP contribution in [0.1, 0.15) is 0 Å². The van der Waals surface area contributed by atoms with Gasteiger partial charge in [0.1, 0.15) is 0 Å². The molecule has 29 heavy (non-hydrogen) atoms. The molecule has 0 amide bonds. The van der Waals surface area contributed by atoms with Crippen molar-refractivity contribution < 1.29 is 0 Å². The summed E-state index contributed by atoms with van der Waals surface area (Å²) < 4.78 is 2.10.